The number of piperazine rings is 1. The standard InChI is InChI=1S/C41H47N7O5/c1-29-33(16-11-17-34(29)32-14-6-5-7-15-32)28-52-39-44-36(43-38(45-39)51-27-31-13-10-12-30(24-31)25-42)26-48-19-9-8-18-35(48)37(49)46-20-22-47(23-21-46)40(50)53-41(2,3)4/h5-7,10-17,24,35H,8-9,18-23,26-28H2,1-4H3. The molecule has 0 radical (unpaired) electrons. The van der Waals surface area contributed by atoms with E-state index in [1.54, 1.807) is 23.1 Å². The van der Waals surface area contributed by atoms with E-state index >= 15 is 0 Å². The van der Waals surface area contributed by atoms with Gasteiger partial charge in [0.15, 0.2) is 5.82 Å². The largest absolute Gasteiger partial charge is 0.458 e. The van der Waals surface area contributed by atoms with Crippen molar-refractivity contribution in [2.24, 2.45) is 0 Å². The van der Waals surface area contributed by atoms with E-state index in [-0.39, 0.29) is 43.3 Å². The summed E-state index contributed by atoms with van der Waals surface area (Å²) in [4.78, 5) is 46.1. The predicted molar refractivity (Wildman–Crippen MR) is 199 cm³/mol. The number of benzene rings is 3. The molecule has 0 spiro atoms. The van der Waals surface area contributed by atoms with Crippen LogP contribution in [0.15, 0.2) is 72.8 Å². The summed E-state index contributed by atoms with van der Waals surface area (Å²) in [5.74, 6) is 0.474. The topological polar surface area (TPSA) is 134 Å². The third-order valence-corrected chi connectivity index (χ3v) is 9.44. The molecule has 2 fully saturated rings. The highest BCUT2D eigenvalue weighted by Gasteiger charge is 2.35. The van der Waals surface area contributed by atoms with Gasteiger partial charge in [-0.3, -0.25) is 9.69 Å². The van der Waals surface area contributed by atoms with Crippen LogP contribution in [-0.2, 0) is 29.3 Å². The Kier molecular flexibility index (Phi) is 11.8. The molecule has 2 aliphatic heterocycles. The normalized spacial score (nSPS) is 16.5. The summed E-state index contributed by atoms with van der Waals surface area (Å²) in [6.45, 7) is 10.8. The van der Waals surface area contributed by atoms with Gasteiger partial charge in [0.1, 0.15) is 18.8 Å². The molecule has 0 aliphatic carbocycles. The molecule has 3 aromatic carbocycles. The number of carbonyl (C=O) groups is 2. The minimum absolute atomic E-state index is 0.0432. The van der Waals surface area contributed by atoms with Crippen LogP contribution < -0.4 is 9.47 Å². The lowest BCUT2D eigenvalue weighted by molar-refractivity contribution is -0.140. The minimum atomic E-state index is -0.577. The van der Waals surface area contributed by atoms with Gasteiger partial charge in [-0.2, -0.15) is 15.2 Å². The lowest BCUT2D eigenvalue weighted by Crippen LogP contribution is -2.57. The van der Waals surface area contributed by atoms with E-state index in [4.69, 9.17) is 19.2 Å². The molecule has 12 heteroatoms. The molecular formula is C41H47N7O5. The zero-order valence-electron chi connectivity index (χ0n) is 31.0. The Bertz CT molecular complexity index is 1930. The summed E-state index contributed by atoms with van der Waals surface area (Å²) in [6, 6.07) is 25.6. The van der Waals surface area contributed by atoms with Gasteiger partial charge in [0, 0.05) is 26.2 Å². The molecule has 12 nitrogen and oxygen atoms in total. The predicted octanol–water partition coefficient (Wildman–Crippen LogP) is 6.31. The number of hydrogen-bond acceptors (Lipinski definition) is 10. The molecule has 53 heavy (non-hydrogen) atoms. The van der Waals surface area contributed by atoms with Crippen LogP contribution in [0.2, 0.25) is 0 Å². The van der Waals surface area contributed by atoms with Gasteiger partial charge >= 0.3 is 18.1 Å². The van der Waals surface area contributed by atoms with Crippen LogP contribution in [0, 0.1) is 18.3 Å². The molecule has 2 aliphatic rings. The fourth-order valence-corrected chi connectivity index (χ4v) is 6.66. The molecule has 4 aromatic rings. The number of piperidine rings is 1. The third kappa shape index (κ3) is 9.87. The van der Waals surface area contributed by atoms with Crippen molar-refractivity contribution in [2.45, 2.75) is 78.4 Å². The first-order chi connectivity index (χ1) is 25.6. The van der Waals surface area contributed by atoms with Gasteiger partial charge in [-0.05, 0) is 87.0 Å². The Morgan fingerprint density at radius 3 is 2.25 bits per heavy atom. The number of ether oxygens (including phenoxy) is 3. The first kappa shape index (κ1) is 37.2. The van der Waals surface area contributed by atoms with Crippen LogP contribution in [0.4, 0.5) is 4.79 Å². The monoisotopic (exact) mass is 717 g/mol. The first-order valence-corrected chi connectivity index (χ1v) is 18.2. The van der Waals surface area contributed by atoms with E-state index in [0.717, 1.165) is 47.1 Å². The van der Waals surface area contributed by atoms with Crippen molar-refractivity contribution in [3.63, 3.8) is 0 Å². The average Bonchev–Trinajstić information content (AvgIpc) is 3.16. The van der Waals surface area contributed by atoms with Crippen LogP contribution in [0.1, 0.15) is 68.1 Å². The summed E-state index contributed by atoms with van der Waals surface area (Å²) >= 11 is 0. The van der Waals surface area contributed by atoms with Crippen molar-refractivity contribution in [3.8, 4) is 29.2 Å². The summed E-state index contributed by atoms with van der Waals surface area (Å²) in [5.41, 5.74) is 5.11. The number of aromatic nitrogens is 3. The number of rotatable bonds is 10. The van der Waals surface area contributed by atoms with E-state index in [1.807, 2.05) is 62.1 Å². The van der Waals surface area contributed by atoms with Crippen molar-refractivity contribution in [1.29, 1.82) is 5.26 Å². The molecule has 276 valence electrons. The fraction of sp³-hybridized carbons (Fsp3) is 0.415. The quantitative estimate of drug-likeness (QED) is 0.184. The van der Waals surface area contributed by atoms with Gasteiger partial charge in [-0.15, -0.1) is 4.98 Å². The number of nitriles is 1. The van der Waals surface area contributed by atoms with Crippen LogP contribution in [-0.4, -0.2) is 86.0 Å². The van der Waals surface area contributed by atoms with E-state index in [9.17, 15) is 14.9 Å². The Balaban J connectivity index is 1.18. The second-order valence-corrected chi connectivity index (χ2v) is 14.4. The molecule has 6 rings (SSSR count). The Labute approximate surface area is 311 Å². The fourth-order valence-electron chi connectivity index (χ4n) is 6.66. The van der Waals surface area contributed by atoms with Crippen molar-refractivity contribution < 1.29 is 23.8 Å². The third-order valence-electron chi connectivity index (χ3n) is 9.44. The Hall–Kier alpha value is -5.54. The van der Waals surface area contributed by atoms with Crippen LogP contribution in [0.3, 0.4) is 0 Å². The molecule has 2 amide bonds. The van der Waals surface area contributed by atoms with E-state index in [2.05, 4.69) is 46.1 Å². The highest BCUT2D eigenvalue weighted by molar-refractivity contribution is 5.82. The number of carbonyl (C=O) groups excluding carboxylic acids is 2. The maximum Gasteiger partial charge on any atom is 0.410 e. The van der Waals surface area contributed by atoms with Gasteiger partial charge in [0.2, 0.25) is 5.91 Å². The maximum absolute atomic E-state index is 14.0. The van der Waals surface area contributed by atoms with Gasteiger partial charge in [0.25, 0.3) is 0 Å². The molecule has 0 N–H and O–H groups in total. The molecule has 0 saturated carbocycles. The van der Waals surface area contributed by atoms with E-state index in [1.165, 1.54) is 0 Å². The summed E-state index contributed by atoms with van der Waals surface area (Å²) < 4.78 is 17.8. The molecule has 1 atom stereocenters. The second-order valence-electron chi connectivity index (χ2n) is 14.4. The second kappa shape index (κ2) is 16.9. The summed E-state index contributed by atoms with van der Waals surface area (Å²) in [7, 11) is 0. The Morgan fingerprint density at radius 2 is 1.53 bits per heavy atom. The van der Waals surface area contributed by atoms with Crippen LogP contribution in [0.25, 0.3) is 11.1 Å². The molecular weight excluding hydrogens is 670 g/mol. The van der Waals surface area contributed by atoms with Gasteiger partial charge in [-0.25, -0.2) is 4.79 Å². The number of nitrogens with zero attached hydrogens (tertiary/aromatic N) is 7. The van der Waals surface area contributed by atoms with E-state index < -0.39 is 5.60 Å². The lowest BCUT2D eigenvalue weighted by atomic mass is 9.97. The molecule has 3 heterocycles. The van der Waals surface area contributed by atoms with Gasteiger partial charge < -0.3 is 24.0 Å². The van der Waals surface area contributed by atoms with Gasteiger partial charge in [0.05, 0.1) is 24.2 Å². The number of amides is 2. The number of likely N-dealkylation sites (tertiary alicyclic amines) is 1. The molecule has 1 unspecified atom stereocenters. The first-order valence-electron chi connectivity index (χ1n) is 18.2. The zero-order valence-corrected chi connectivity index (χ0v) is 31.0. The smallest absolute Gasteiger partial charge is 0.410 e. The van der Waals surface area contributed by atoms with E-state index in [0.29, 0.717) is 50.7 Å². The maximum atomic E-state index is 14.0. The van der Waals surface area contributed by atoms with Crippen LogP contribution in [0.5, 0.6) is 12.0 Å². The van der Waals surface area contributed by atoms with Crippen molar-refractivity contribution in [3.05, 3.63) is 101 Å². The van der Waals surface area contributed by atoms with Crippen molar-refractivity contribution in [1.82, 2.24) is 29.7 Å². The molecule has 0 bridgehead atoms. The van der Waals surface area contributed by atoms with Gasteiger partial charge in [-0.1, -0.05) is 67.1 Å². The lowest BCUT2D eigenvalue weighted by Gasteiger charge is -2.40. The average molecular weight is 718 g/mol. The zero-order chi connectivity index (χ0) is 37.4. The summed E-state index contributed by atoms with van der Waals surface area (Å²) in [5, 5.41) is 9.35. The van der Waals surface area contributed by atoms with Crippen molar-refractivity contribution >= 4 is 12.0 Å². The van der Waals surface area contributed by atoms with Crippen molar-refractivity contribution in [2.75, 3.05) is 32.7 Å². The SMILES string of the molecule is Cc1c(COc2nc(CN3CCCCC3C(=O)N3CCN(C(=O)OC(C)(C)C)CC3)nc(OCc3cccc(C#N)c3)n2)cccc1-c1ccccc1. The summed E-state index contributed by atoms with van der Waals surface area (Å²) in [6.07, 6.45) is 2.25. The highest BCUT2D eigenvalue weighted by atomic mass is 16.6. The number of hydrogen-bond donors (Lipinski definition) is 0. The Morgan fingerprint density at radius 1 is 0.830 bits per heavy atom. The van der Waals surface area contributed by atoms with Crippen LogP contribution >= 0.6 is 0 Å². The highest BCUT2D eigenvalue weighted by Crippen LogP contribution is 2.27. The molecule has 1 aromatic heterocycles. The molecule has 2 saturated heterocycles. The minimum Gasteiger partial charge on any atom is -0.458 e.